The van der Waals surface area contributed by atoms with Crippen LogP contribution in [0.1, 0.15) is 31.2 Å². The summed E-state index contributed by atoms with van der Waals surface area (Å²) in [5.74, 6) is 0.690. The first-order valence-electron chi connectivity index (χ1n) is 9.80. The maximum Gasteiger partial charge on any atom is -0.147 e. The molecule has 0 bridgehead atoms. The number of halogens is 1. The van der Waals surface area contributed by atoms with E-state index in [9.17, 15) is 4.79 Å². The molecular formula is C23H31AsClNO2S. The molecular weight excluding hydrogens is 465 g/mol. The molecule has 1 atom stereocenters. The van der Waals surface area contributed by atoms with Gasteiger partial charge in [0.05, 0.1) is 0 Å². The van der Waals surface area contributed by atoms with Gasteiger partial charge in [-0.3, -0.25) is 0 Å². The number of nitrogens with two attached hydrogens (primary N) is 1. The van der Waals surface area contributed by atoms with E-state index in [1.165, 1.54) is 10.5 Å². The molecule has 1 saturated carbocycles. The van der Waals surface area contributed by atoms with Crippen LogP contribution in [0.25, 0.3) is 11.1 Å². The zero-order valence-electron chi connectivity index (χ0n) is 17.4. The fourth-order valence-corrected chi connectivity index (χ4v) is 6.44. The van der Waals surface area contributed by atoms with Gasteiger partial charge in [0.15, 0.2) is 0 Å². The van der Waals surface area contributed by atoms with Crippen LogP contribution in [0, 0.1) is 5.41 Å². The average Bonchev–Trinajstić information content (AvgIpc) is 2.74. The maximum atomic E-state index is 12.5. The van der Waals surface area contributed by atoms with Gasteiger partial charge in [0.2, 0.25) is 0 Å². The number of hydrogen-bond acceptors (Lipinski definition) is 3. The topological polar surface area (TPSA) is 52.3 Å². The quantitative estimate of drug-likeness (QED) is 0.415. The third-order valence-corrected chi connectivity index (χ3v) is 9.77. The van der Waals surface area contributed by atoms with Crippen molar-refractivity contribution in [1.82, 2.24) is 0 Å². The van der Waals surface area contributed by atoms with E-state index in [-0.39, 0.29) is 34.1 Å². The minimum absolute atomic E-state index is 0. The molecule has 29 heavy (non-hydrogen) atoms. The number of hydrogen-bond donors (Lipinski definition) is 1. The van der Waals surface area contributed by atoms with Crippen molar-refractivity contribution in [3.8, 4) is 16.9 Å². The molecule has 6 heteroatoms. The number of methoxy groups -OCH3 is 1. The van der Waals surface area contributed by atoms with E-state index in [4.69, 9.17) is 10.5 Å². The van der Waals surface area contributed by atoms with Gasteiger partial charge in [0.25, 0.3) is 0 Å². The molecule has 0 heterocycles. The summed E-state index contributed by atoms with van der Waals surface area (Å²) >= 11 is 1.85. The molecule has 3 nitrogen and oxygen atoms in total. The summed E-state index contributed by atoms with van der Waals surface area (Å²) in [7, 11) is 1.70. The standard InChI is InChI=1S/C23H30AsNO2S.ClH/c1-24-19-10-12-23(13-11-19,22(25)26)15-18-14-17(6-9-21(18)27-2)16-4-7-20(28-3)8-5-16;/h4-9,14,19,24H,10-13,15H2,1-3H3,(H2,25,26);1H. The van der Waals surface area contributed by atoms with Gasteiger partial charge in [0, 0.05) is 0 Å². The first kappa shape index (κ1) is 24.2. The molecule has 1 fully saturated rings. The molecule has 0 radical (unpaired) electrons. The molecule has 0 saturated heterocycles. The molecule has 0 aliphatic heterocycles. The predicted octanol–water partition coefficient (Wildman–Crippen LogP) is 5.37. The summed E-state index contributed by atoms with van der Waals surface area (Å²) in [5.41, 5.74) is 11.3. The van der Waals surface area contributed by atoms with Gasteiger partial charge in [-0.25, -0.2) is 0 Å². The maximum absolute atomic E-state index is 12.5. The fourth-order valence-electron chi connectivity index (χ4n) is 4.21. The Labute approximate surface area is 191 Å². The van der Waals surface area contributed by atoms with E-state index in [0.717, 1.165) is 47.3 Å². The van der Waals surface area contributed by atoms with E-state index in [2.05, 4.69) is 48.4 Å². The Balaban J connectivity index is 0.00000300. The van der Waals surface area contributed by atoms with Crippen LogP contribution in [-0.2, 0) is 11.2 Å². The molecule has 1 aliphatic carbocycles. The molecule has 1 aliphatic rings. The zero-order valence-corrected chi connectivity index (χ0v) is 21.1. The second kappa shape index (κ2) is 10.8. The van der Waals surface area contributed by atoms with Crippen LogP contribution in [0.3, 0.4) is 0 Å². The Bertz CT molecular complexity index is 820. The first-order chi connectivity index (χ1) is 13.5. The number of rotatable bonds is 7. The third-order valence-electron chi connectivity index (χ3n) is 6.11. The third kappa shape index (κ3) is 5.54. The van der Waals surface area contributed by atoms with Crippen molar-refractivity contribution in [2.75, 3.05) is 13.4 Å². The van der Waals surface area contributed by atoms with Gasteiger partial charge in [-0.1, -0.05) is 0 Å². The fraction of sp³-hybridized carbons (Fsp3) is 0.435. The monoisotopic (exact) mass is 495 g/mol. The molecule has 2 aromatic carbocycles. The largest absolute Gasteiger partial charge is 0.147 e. The summed E-state index contributed by atoms with van der Waals surface area (Å²) < 4.78 is 6.48. The summed E-state index contributed by atoms with van der Waals surface area (Å²) in [6.45, 7) is 0. The SMILES string of the molecule is COc1ccc(-c2ccc(SC)cc2)cc1CC1(C(N)=O)CCC([AsH]C)CC1.Cl. The summed E-state index contributed by atoms with van der Waals surface area (Å²) in [6.07, 6.45) is 6.83. The average molecular weight is 496 g/mol. The number of thioether (sulfide) groups is 1. The number of carbonyl (C=O) groups is 1. The minimum Gasteiger partial charge on any atom is -0.147 e. The molecule has 2 aromatic rings. The zero-order chi connectivity index (χ0) is 20.1. The Morgan fingerprint density at radius 3 is 2.31 bits per heavy atom. The number of carbonyl (C=O) groups excluding carboxylic acids is 1. The van der Waals surface area contributed by atoms with Crippen molar-refractivity contribution in [2.24, 2.45) is 11.1 Å². The Hall–Kier alpha value is -1.09. The van der Waals surface area contributed by atoms with Crippen molar-refractivity contribution in [1.29, 1.82) is 0 Å². The van der Waals surface area contributed by atoms with Gasteiger partial charge < -0.3 is 0 Å². The van der Waals surface area contributed by atoms with Gasteiger partial charge in [-0.05, 0) is 6.26 Å². The van der Waals surface area contributed by atoms with Crippen LogP contribution in [0.4, 0.5) is 0 Å². The van der Waals surface area contributed by atoms with E-state index in [1.54, 1.807) is 18.9 Å². The van der Waals surface area contributed by atoms with Crippen molar-refractivity contribution < 1.29 is 9.53 Å². The van der Waals surface area contributed by atoms with E-state index >= 15 is 0 Å². The molecule has 1 unspecified atom stereocenters. The van der Waals surface area contributed by atoms with Crippen LogP contribution in [0.2, 0.25) is 10.4 Å². The molecule has 1 amide bonds. The van der Waals surface area contributed by atoms with Gasteiger partial charge in [0.1, 0.15) is 0 Å². The number of primary amides is 1. The first-order valence-corrected chi connectivity index (χ1v) is 14.3. The number of benzene rings is 2. The molecule has 158 valence electrons. The second-order valence-corrected chi connectivity index (χ2v) is 11.4. The molecule has 2 N–H and O–H groups in total. The molecule has 3 rings (SSSR count). The van der Waals surface area contributed by atoms with Crippen LogP contribution in [0.15, 0.2) is 47.4 Å². The van der Waals surface area contributed by atoms with Gasteiger partial charge in [-0.15, -0.1) is 24.2 Å². The summed E-state index contributed by atoms with van der Waals surface area (Å²) in [5, 5.41) is 0. The summed E-state index contributed by atoms with van der Waals surface area (Å²) in [6, 6.07) is 14.9. The van der Waals surface area contributed by atoms with Gasteiger partial charge >= 0.3 is 162 Å². The predicted molar refractivity (Wildman–Crippen MR) is 128 cm³/mol. The van der Waals surface area contributed by atoms with Crippen LogP contribution in [0.5, 0.6) is 5.75 Å². The van der Waals surface area contributed by atoms with Crippen molar-refractivity contribution in [2.45, 2.75) is 47.4 Å². The molecule has 0 aromatic heterocycles. The van der Waals surface area contributed by atoms with E-state index in [1.807, 2.05) is 6.07 Å². The second-order valence-electron chi connectivity index (χ2n) is 7.64. The van der Waals surface area contributed by atoms with Crippen LogP contribution in [-0.4, -0.2) is 35.0 Å². The number of ether oxygens (including phenoxy) is 1. The van der Waals surface area contributed by atoms with Crippen LogP contribution >= 0.6 is 24.2 Å². The summed E-state index contributed by atoms with van der Waals surface area (Å²) in [4.78, 5) is 13.7. The van der Waals surface area contributed by atoms with E-state index in [0.29, 0.717) is 6.42 Å². The van der Waals surface area contributed by atoms with Gasteiger partial charge in [-0.2, -0.15) is 0 Å². The van der Waals surface area contributed by atoms with Crippen molar-refractivity contribution >= 4 is 45.8 Å². The van der Waals surface area contributed by atoms with Crippen molar-refractivity contribution in [3.63, 3.8) is 0 Å². The number of amides is 1. The van der Waals surface area contributed by atoms with E-state index < -0.39 is 5.41 Å². The minimum atomic E-state index is -0.438. The molecule has 0 spiro atoms. The smallest absolute Gasteiger partial charge is 0.147 e. The van der Waals surface area contributed by atoms with Crippen LogP contribution < -0.4 is 10.5 Å². The Kier molecular flexibility index (Phi) is 9.00. The normalized spacial score (nSPS) is 21.7. The Morgan fingerprint density at radius 2 is 1.79 bits per heavy atom. The van der Waals surface area contributed by atoms with Crippen molar-refractivity contribution in [3.05, 3.63) is 48.0 Å². The Morgan fingerprint density at radius 1 is 1.17 bits per heavy atom.